The SMILES string of the molecule is CC(C)C1(CN2CCNC(C(C)(C)C)C2)CC1. The van der Waals surface area contributed by atoms with Crippen LogP contribution in [0.15, 0.2) is 0 Å². The molecule has 1 atom stereocenters. The monoisotopic (exact) mass is 238 g/mol. The Hall–Kier alpha value is -0.0800. The fourth-order valence-electron chi connectivity index (χ4n) is 3.06. The first-order valence-corrected chi connectivity index (χ1v) is 7.29. The van der Waals surface area contributed by atoms with E-state index in [2.05, 4.69) is 44.8 Å². The van der Waals surface area contributed by atoms with Gasteiger partial charge in [0, 0.05) is 32.2 Å². The van der Waals surface area contributed by atoms with E-state index in [-0.39, 0.29) is 0 Å². The maximum absolute atomic E-state index is 3.68. The van der Waals surface area contributed by atoms with E-state index >= 15 is 0 Å². The maximum Gasteiger partial charge on any atom is 0.0244 e. The molecule has 2 aliphatic rings. The Balaban J connectivity index is 1.90. The zero-order valence-corrected chi connectivity index (χ0v) is 12.3. The molecule has 0 aromatic heterocycles. The lowest BCUT2D eigenvalue weighted by atomic mass is 9.84. The van der Waals surface area contributed by atoms with Crippen molar-refractivity contribution in [3.63, 3.8) is 0 Å². The second-order valence-corrected chi connectivity index (χ2v) is 7.62. The summed E-state index contributed by atoms with van der Waals surface area (Å²) in [5.41, 5.74) is 1.05. The lowest BCUT2D eigenvalue weighted by molar-refractivity contribution is 0.104. The second kappa shape index (κ2) is 4.55. The molecule has 2 heteroatoms. The maximum atomic E-state index is 3.68. The van der Waals surface area contributed by atoms with Crippen LogP contribution < -0.4 is 5.32 Å². The van der Waals surface area contributed by atoms with Crippen molar-refractivity contribution in [1.82, 2.24) is 10.2 Å². The van der Waals surface area contributed by atoms with Crippen LogP contribution in [-0.2, 0) is 0 Å². The van der Waals surface area contributed by atoms with Crippen molar-refractivity contribution in [3.05, 3.63) is 0 Å². The van der Waals surface area contributed by atoms with Gasteiger partial charge in [-0.1, -0.05) is 34.6 Å². The summed E-state index contributed by atoms with van der Waals surface area (Å²) in [4.78, 5) is 2.71. The summed E-state index contributed by atoms with van der Waals surface area (Å²) in [5.74, 6) is 0.852. The highest BCUT2D eigenvalue weighted by molar-refractivity contribution is 4.99. The number of nitrogens with one attached hydrogen (secondary N) is 1. The topological polar surface area (TPSA) is 15.3 Å². The Morgan fingerprint density at radius 3 is 2.41 bits per heavy atom. The molecule has 100 valence electrons. The van der Waals surface area contributed by atoms with Gasteiger partial charge in [0.15, 0.2) is 0 Å². The molecule has 17 heavy (non-hydrogen) atoms. The summed E-state index contributed by atoms with van der Waals surface area (Å²) in [7, 11) is 0. The Morgan fingerprint density at radius 1 is 1.29 bits per heavy atom. The predicted octanol–water partition coefficient (Wildman–Crippen LogP) is 2.74. The molecular formula is C15H30N2. The van der Waals surface area contributed by atoms with Crippen LogP contribution in [0.2, 0.25) is 0 Å². The summed E-state index contributed by atoms with van der Waals surface area (Å²) in [6, 6.07) is 0.652. The van der Waals surface area contributed by atoms with Gasteiger partial charge in [-0.15, -0.1) is 0 Å². The minimum absolute atomic E-state index is 0.382. The van der Waals surface area contributed by atoms with Crippen molar-refractivity contribution in [1.29, 1.82) is 0 Å². The number of rotatable bonds is 3. The van der Waals surface area contributed by atoms with Crippen LogP contribution in [0.4, 0.5) is 0 Å². The zero-order valence-electron chi connectivity index (χ0n) is 12.3. The van der Waals surface area contributed by atoms with E-state index in [0.717, 1.165) is 12.5 Å². The predicted molar refractivity (Wildman–Crippen MR) is 74.2 cm³/mol. The van der Waals surface area contributed by atoms with Gasteiger partial charge < -0.3 is 5.32 Å². The lowest BCUT2D eigenvalue weighted by Crippen LogP contribution is -2.56. The molecular weight excluding hydrogens is 208 g/mol. The highest BCUT2D eigenvalue weighted by atomic mass is 15.2. The quantitative estimate of drug-likeness (QED) is 0.813. The summed E-state index contributed by atoms with van der Waals surface area (Å²) in [5, 5.41) is 3.68. The fraction of sp³-hybridized carbons (Fsp3) is 1.00. The zero-order chi connectivity index (χ0) is 12.7. The van der Waals surface area contributed by atoms with E-state index in [1.807, 2.05) is 0 Å². The Kier molecular flexibility index (Phi) is 3.57. The van der Waals surface area contributed by atoms with Gasteiger partial charge in [-0.3, -0.25) is 4.90 Å². The molecule has 2 fully saturated rings. The minimum atomic E-state index is 0.382. The van der Waals surface area contributed by atoms with Crippen molar-refractivity contribution >= 4 is 0 Å². The summed E-state index contributed by atoms with van der Waals surface area (Å²) >= 11 is 0. The van der Waals surface area contributed by atoms with Gasteiger partial charge in [-0.2, -0.15) is 0 Å². The Bertz CT molecular complexity index is 261. The van der Waals surface area contributed by atoms with Gasteiger partial charge in [-0.05, 0) is 29.6 Å². The first-order valence-electron chi connectivity index (χ1n) is 7.29. The number of nitrogens with zero attached hydrogens (tertiary/aromatic N) is 1. The van der Waals surface area contributed by atoms with E-state index in [9.17, 15) is 0 Å². The number of piperazine rings is 1. The Morgan fingerprint density at radius 2 is 1.94 bits per heavy atom. The molecule has 1 N–H and O–H groups in total. The van der Waals surface area contributed by atoms with E-state index in [1.54, 1.807) is 0 Å². The van der Waals surface area contributed by atoms with E-state index < -0.39 is 0 Å². The van der Waals surface area contributed by atoms with Crippen LogP contribution in [0.5, 0.6) is 0 Å². The van der Waals surface area contributed by atoms with Crippen molar-refractivity contribution < 1.29 is 0 Å². The second-order valence-electron chi connectivity index (χ2n) is 7.62. The molecule has 0 aromatic carbocycles. The number of hydrogen-bond donors (Lipinski definition) is 1. The van der Waals surface area contributed by atoms with Crippen molar-refractivity contribution in [2.24, 2.45) is 16.7 Å². The van der Waals surface area contributed by atoms with Crippen molar-refractivity contribution in [3.8, 4) is 0 Å². The average molecular weight is 238 g/mol. The third kappa shape index (κ3) is 3.03. The smallest absolute Gasteiger partial charge is 0.0244 e. The normalized spacial score (nSPS) is 29.6. The summed E-state index contributed by atoms with van der Waals surface area (Å²) < 4.78 is 0. The first-order chi connectivity index (χ1) is 7.83. The first kappa shape index (κ1) is 13.4. The van der Waals surface area contributed by atoms with Gasteiger partial charge in [0.25, 0.3) is 0 Å². The molecule has 1 saturated carbocycles. The molecule has 2 nitrogen and oxygen atoms in total. The highest BCUT2D eigenvalue weighted by Crippen LogP contribution is 2.52. The molecule has 0 radical (unpaired) electrons. The van der Waals surface area contributed by atoms with Crippen LogP contribution in [-0.4, -0.2) is 37.1 Å². The van der Waals surface area contributed by atoms with Crippen molar-refractivity contribution in [2.45, 2.75) is 53.5 Å². The van der Waals surface area contributed by atoms with Crippen LogP contribution in [0.1, 0.15) is 47.5 Å². The van der Waals surface area contributed by atoms with Gasteiger partial charge in [0.2, 0.25) is 0 Å². The molecule has 1 aliphatic carbocycles. The molecule has 0 bridgehead atoms. The average Bonchev–Trinajstić information content (AvgIpc) is 2.98. The van der Waals surface area contributed by atoms with Crippen LogP contribution >= 0.6 is 0 Å². The lowest BCUT2D eigenvalue weighted by Gasteiger charge is -2.42. The molecule has 2 rings (SSSR count). The highest BCUT2D eigenvalue weighted by Gasteiger charge is 2.46. The minimum Gasteiger partial charge on any atom is -0.311 e. The third-order valence-electron chi connectivity index (χ3n) is 4.96. The fourth-order valence-corrected chi connectivity index (χ4v) is 3.06. The molecule has 1 aliphatic heterocycles. The van der Waals surface area contributed by atoms with Gasteiger partial charge in [0.1, 0.15) is 0 Å². The molecule has 0 aromatic rings. The van der Waals surface area contributed by atoms with E-state index in [1.165, 1.54) is 32.5 Å². The molecule has 1 unspecified atom stereocenters. The molecule has 1 saturated heterocycles. The number of hydrogen-bond acceptors (Lipinski definition) is 2. The van der Waals surface area contributed by atoms with Crippen LogP contribution in [0.3, 0.4) is 0 Å². The van der Waals surface area contributed by atoms with Gasteiger partial charge >= 0.3 is 0 Å². The standard InChI is InChI=1S/C15H30N2/c1-12(2)15(6-7-15)11-17-9-8-16-13(10-17)14(3,4)5/h12-13,16H,6-11H2,1-5H3. The van der Waals surface area contributed by atoms with Gasteiger partial charge in [-0.25, -0.2) is 0 Å². The van der Waals surface area contributed by atoms with Crippen LogP contribution in [0.25, 0.3) is 0 Å². The summed E-state index contributed by atoms with van der Waals surface area (Å²) in [6.45, 7) is 16.8. The van der Waals surface area contributed by atoms with Crippen molar-refractivity contribution in [2.75, 3.05) is 26.2 Å². The van der Waals surface area contributed by atoms with Gasteiger partial charge in [0.05, 0.1) is 0 Å². The molecule has 0 spiro atoms. The van der Waals surface area contributed by atoms with Crippen LogP contribution in [0, 0.1) is 16.7 Å². The largest absolute Gasteiger partial charge is 0.311 e. The molecule has 1 heterocycles. The van der Waals surface area contributed by atoms with E-state index in [0.29, 0.717) is 16.9 Å². The van der Waals surface area contributed by atoms with E-state index in [4.69, 9.17) is 0 Å². The third-order valence-corrected chi connectivity index (χ3v) is 4.96. The molecule has 0 amide bonds. The summed E-state index contributed by atoms with van der Waals surface area (Å²) in [6.07, 6.45) is 2.91. The Labute approximate surface area is 107 Å².